The second kappa shape index (κ2) is 7.17. The van der Waals surface area contributed by atoms with Crippen LogP contribution in [-0.2, 0) is 0 Å². The van der Waals surface area contributed by atoms with Crippen molar-refractivity contribution >= 4 is 23.5 Å². The number of nitrogens with zero attached hydrogens (tertiary/aromatic N) is 4. The van der Waals surface area contributed by atoms with Gasteiger partial charge in [-0.3, -0.25) is 4.79 Å². The number of rotatable bonds is 3. The number of aromatic nitrogens is 2. The second-order valence-electron chi connectivity index (χ2n) is 6.04. The van der Waals surface area contributed by atoms with Crippen LogP contribution in [0.3, 0.4) is 0 Å². The van der Waals surface area contributed by atoms with Gasteiger partial charge in [-0.1, -0.05) is 34.9 Å². The van der Waals surface area contributed by atoms with Gasteiger partial charge in [-0.2, -0.15) is 0 Å². The molecule has 132 valence electrons. The highest BCUT2D eigenvalue weighted by atomic mass is 35.5. The molecule has 0 aliphatic carbocycles. The highest BCUT2D eigenvalue weighted by Crippen LogP contribution is 2.22. The summed E-state index contributed by atoms with van der Waals surface area (Å²) in [6, 6.07) is 17.1. The largest absolute Gasteiger partial charge is 0.403 e. The first-order valence-electron chi connectivity index (χ1n) is 8.39. The topological polar surface area (TPSA) is 62.5 Å². The number of carbonyl (C=O) groups excluding carboxylic acids is 1. The Morgan fingerprint density at radius 3 is 2.31 bits per heavy atom. The molecule has 1 aromatic heterocycles. The van der Waals surface area contributed by atoms with E-state index in [-0.39, 0.29) is 5.91 Å². The number of amides is 1. The lowest BCUT2D eigenvalue weighted by atomic mass is 10.2. The van der Waals surface area contributed by atoms with Crippen molar-refractivity contribution in [3.8, 4) is 11.5 Å². The Morgan fingerprint density at radius 1 is 0.923 bits per heavy atom. The summed E-state index contributed by atoms with van der Waals surface area (Å²) >= 11 is 5.88. The van der Waals surface area contributed by atoms with E-state index in [2.05, 4.69) is 10.2 Å². The predicted molar refractivity (Wildman–Crippen MR) is 99.3 cm³/mol. The van der Waals surface area contributed by atoms with Crippen molar-refractivity contribution in [2.75, 3.05) is 31.1 Å². The fourth-order valence-corrected chi connectivity index (χ4v) is 3.04. The number of halogens is 1. The Balaban J connectivity index is 1.40. The van der Waals surface area contributed by atoms with E-state index in [9.17, 15) is 4.79 Å². The van der Waals surface area contributed by atoms with Crippen LogP contribution in [0.2, 0.25) is 5.02 Å². The number of piperazine rings is 1. The Hall–Kier alpha value is -2.86. The van der Waals surface area contributed by atoms with Crippen molar-refractivity contribution < 1.29 is 9.21 Å². The van der Waals surface area contributed by atoms with Gasteiger partial charge in [-0.05, 0) is 36.4 Å². The van der Waals surface area contributed by atoms with Gasteiger partial charge in [0.25, 0.3) is 5.91 Å². The normalized spacial score (nSPS) is 14.5. The maximum absolute atomic E-state index is 12.6. The zero-order valence-electron chi connectivity index (χ0n) is 14.0. The van der Waals surface area contributed by atoms with Crippen LogP contribution in [0.5, 0.6) is 0 Å². The summed E-state index contributed by atoms with van der Waals surface area (Å²) in [4.78, 5) is 16.4. The summed E-state index contributed by atoms with van der Waals surface area (Å²) < 4.78 is 5.79. The van der Waals surface area contributed by atoms with Crippen molar-refractivity contribution in [2.45, 2.75) is 0 Å². The van der Waals surface area contributed by atoms with Gasteiger partial charge < -0.3 is 14.2 Å². The van der Waals surface area contributed by atoms with Gasteiger partial charge in [0.2, 0.25) is 5.89 Å². The lowest BCUT2D eigenvalue weighted by Gasteiger charge is -2.33. The summed E-state index contributed by atoms with van der Waals surface area (Å²) in [5, 5.41) is 8.89. The minimum atomic E-state index is 0.0109. The molecule has 7 heteroatoms. The fourth-order valence-electron chi connectivity index (χ4n) is 2.92. The van der Waals surface area contributed by atoms with Gasteiger partial charge in [0.1, 0.15) is 0 Å². The molecule has 1 fully saturated rings. The number of benzene rings is 2. The third-order valence-corrected chi connectivity index (χ3v) is 4.62. The minimum absolute atomic E-state index is 0.0109. The standard InChI is InChI=1S/C19H17ClN4O2/c20-16-8-6-15(7-9-16)18(25)23-10-12-24(13-11-23)19-22-21-17(26-19)14-4-2-1-3-5-14/h1-9H,10-13H2. The number of anilines is 1. The molecule has 3 aromatic rings. The average Bonchev–Trinajstić information content (AvgIpc) is 3.19. The molecule has 1 saturated heterocycles. The molecule has 0 atom stereocenters. The third-order valence-electron chi connectivity index (χ3n) is 4.36. The maximum Gasteiger partial charge on any atom is 0.318 e. The lowest BCUT2D eigenvalue weighted by Crippen LogP contribution is -2.48. The summed E-state index contributed by atoms with van der Waals surface area (Å²) in [6.07, 6.45) is 0. The Kier molecular flexibility index (Phi) is 4.58. The van der Waals surface area contributed by atoms with E-state index in [1.165, 1.54) is 0 Å². The van der Waals surface area contributed by atoms with Gasteiger partial charge in [0.05, 0.1) is 0 Å². The van der Waals surface area contributed by atoms with Gasteiger partial charge in [-0.15, -0.1) is 5.10 Å². The molecule has 0 saturated carbocycles. The highest BCUT2D eigenvalue weighted by molar-refractivity contribution is 6.30. The van der Waals surface area contributed by atoms with E-state index in [1.54, 1.807) is 24.3 Å². The van der Waals surface area contributed by atoms with Gasteiger partial charge in [-0.25, -0.2) is 0 Å². The first kappa shape index (κ1) is 16.6. The Morgan fingerprint density at radius 2 is 1.62 bits per heavy atom. The van der Waals surface area contributed by atoms with Crippen LogP contribution in [0.1, 0.15) is 10.4 Å². The number of hydrogen-bond donors (Lipinski definition) is 0. The Bertz CT molecular complexity index is 887. The van der Waals surface area contributed by atoms with E-state index in [1.807, 2.05) is 40.1 Å². The molecule has 2 aromatic carbocycles. The van der Waals surface area contributed by atoms with Crippen LogP contribution < -0.4 is 4.90 Å². The fraction of sp³-hybridized carbons (Fsp3) is 0.211. The molecule has 6 nitrogen and oxygen atoms in total. The maximum atomic E-state index is 12.6. The smallest absolute Gasteiger partial charge is 0.318 e. The number of hydrogen-bond acceptors (Lipinski definition) is 5. The molecule has 0 spiro atoms. The summed E-state index contributed by atoms with van der Waals surface area (Å²) in [6.45, 7) is 2.50. The van der Waals surface area contributed by atoms with Crippen LogP contribution in [-0.4, -0.2) is 47.2 Å². The van der Waals surface area contributed by atoms with Crippen LogP contribution in [0, 0.1) is 0 Å². The molecule has 0 bridgehead atoms. The van der Waals surface area contributed by atoms with Gasteiger partial charge in [0, 0.05) is 42.3 Å². The van der Waals surface area contributed by atoms with Crippen molar-refractivity contribution in [3.63, 3.8) is 0 Å². The molecular weight excluding hydrogens is 352 g/mol. The van der Waals surface area contributed by atoms with E-state index in [4.69, 9.17) is 16.0 Å². The van der Waals surface area contributed by atoms with Crippen LogP contribution >= 0.6 is 11.6 Å². The van der Waals surface area contributed by atoms with Crippen LogP contribution in [0.15, 0.2) is 59.0 Å². The molecule has 1 amide bonds. The summed E-state index contributed by atoms with van der Waals surface area (Å²) in [5.74, 6) is 0.511. The lowest BCUT2D eigenvalue weighted by molar-refractivity contribution is 0.0745. The zero-order valence-corrected chi connectivity index (χ0v) is 14.8. The average molecular weight is 369 g/mol. The highest BCUT2D eigenvalue weighted by Gasteiger charge is 2.25. The molecule has 0 radical (unpaired) electrons. The quantitative estimate of drug-likeness (QED) is 0.709. The molecule has 0 unspecified atom stereocenters. The number of carbonyl (C=O) groups is 1. The second-order valence-corrected chi connectivity index (χ2v) is 6.48. The van der Waals surface area contributed by atoms with E-state index < -0.39 is 0 Å². The molecule has 2 heterocycles. The van der Waals surface area contributed by atoms with Gasteiger partial charge >= 0.3 is 6.01 Å². The van der Waals surface area contributed by atoms with Crippen molar-refractivity contribution in [1.82, 2.24) is 15.1 Å². The SMILES string of the molecule is O=C(c1ccc(Cl)cc1)N1CCN(c2nnc(-c3ccccc3)o2)CC1. The minimum Gasteiger partial charge on any atom is -0.403 e. The van der Waals surface area contributed by atoms with Gasteiger partial charge in [0.15, 0.2) is 0 Å². The van der Waals surface area contributed by atoms with E-state index >= 15 is 0 Å². The first-order valence-corrected chi connectivity index (χ1v) is 8.77. The molecular formula is C19H17ClN4O2. The van der Waals surface area contributed by atoms with E-state index in [0.717, 1.165) is 5.56 Å². The molecule has 1 aliphatic rings. The summed E-state index contributed by atoms with van der Waals surface area (Å²) in [7, 11) is 0. The molecule has 4 rings (SSSR count). The van der Waals surface area contributed by atoms with E-state index in [0.29, 0.717) is 48.7 Å². The summed E-state index contributed by atoms with van der Waals surface area (Å²) in [5.41, 5.74) is 1.54. The van der Waals surface area contributed by atoms with Crippen LogP contribution in [0.4, 0.5) is 6.01 Å². The monoisotopic (exact) mass is 368 g/mol. The molecule has 26 heavy (non-hydrogen) atoms. The Labute approximate surface area is 156 Å². The third kappa shape index (κ3) is 3.41. The van der Waals surface area contributed by atoms with Crippen molar-refractivity contribution in [3.05, 3.63) is 65.2 Å². The van der Waals surface area contributed by atoms with Crippen LogP contribution in [0.25, 0.3) is 11.5 Å². The molecule has 1 aliphatic heterocycles. The van der Waals surface area contributed by atoms with Crippen molar-refractivity contribution in [1.29, 1.82) is 0 Å². The first-order chi connectivity index (χ1) is 12.7. The predicted octanol–water partition coefficient (Wildman–Crippen LogP) is 3.35. The molecule has 0 N–H and O–H groups in total. The zero-order chi connectivity index (χ0) is 17.9. The van der Waals surface area contributed by atoms with Crippen molar-refractivity contribution in [2.24, 2.45) is 0 Å².